The van der Waals surface area contributed by atoms with Crippen molar-refractivity contribution < 1.29 is 19.5 Å². The summed E-state index contributed by atoms with van der Waals surface area (Å²) in [5, 5.41) is 11.6. The van der Waals surface area contributed by atoms with Crippen LogP contribution >= 0.6 is 0 Å². The Morgan fingerprint density at radius 2 is 1.70 bits per heavy atom. The second-order valence-electron chi connectivity index (χ2n) is 6.55. The molecule has 2 rings (SSSR count). The van der Waals surface area contributed by atoms with Crippen LogP contribution in [0.4, 0.5) is 4.79 Å². The molecule has 2 aliphatic rings. The number of urea groups is 1. The van der Waals surface area contributed by atoms with Gasteiger partial charge in [-0.25, -0.2) is 4.79 Å². The van der Waals surface area contributed by atoms with Crippen molar-refractivity contribution in [3.05, 3.63) is 0 Å². The van der Waals surface area contributed by atoms with E-state index in [0.29, 0.717) is 32.0 Å². The molecule has 0 bridgehead atoms. The molecule has 0 aromatic heterocycles. The Hall–Kier alpha value is -1.79. The molecule has 23 heavy (non-hydrogen) atoms. The highest BCUT2D eigenvalue weighted by molar-refractivity contribution is 5.84. The molecule has 0 unspecified atom stereocenters. The van der Waals surface area contributed by atoms with Gasteiger partial charge < -0.3 is 20.2 Å². The first kappa shape index (κ1) is 17.6. The van der Waals surface area contributed by atoms with Gasteiger partial charge in [0.15, 0.2) is 0 Å². The van der Waals surface area contributed by atoms with Crippen molar-refractivity contribution in [2.24, 2.45) is 5.92 Å². The van der Waals surface area contributed by atoms with Gasteiger partial charge in [0.1, 0.15) is 0 Å². The van der Waals surface area contributed by atoms with Gasteiger partial charge >= 0.3 is 12.0 Å². The molecule has 1 saturated heterocycles. The molecule has 130 valence electrons. The van der Waals surface area contributed by atoms with Gasteiger partial charge in [-0.2, -0.15) is 0 Å². The number of carboxylic acid groups (broad SMARTS) is 1. The minimum atomic E-state index is -0.797. The van der Waals surface area contributed by atoms with Crippen molar-refractivity contribution in [3.63, 3.8) is 0 Å². The van der Waals surface area contributed by atoms with Crippen LogP contribution in [-0.2, 0) is 9.59 Å². The zero-order valence-corrected chi connectivity index (χ0v) is 13.8. The Balaban J connectivity index is 1.71. The van der Waals surface area contributed by atoms with Crippen LogP contribution in [0.2, 0.25) is 0 Å². The first-order valence-corrected chi connectivity index (χ1v) is 8.50. The topological polar surface area (TPSA) is 90.0 Å². The Labute approximate surface area is 137 Å². The van der Waals surface area contributed by atoms with E-state index in [1.807, 2.05) is 7.05 Å². The summed E-state index contributed by atoms with van der Waals surface area (Å²) in [6.45, 7) is 0.857. The number of hydrogen-bond donors (Lipinski definition) is 2. The molecule has 0 aromatic carbocycles. The van der Waals surface area contributed by atoms with E-state index in [1.165, 1.54) is 6.42 Å². The lowest BCUT2D eigenvalue weighted by molar-refractivity contribution is -0.143. The molecule has 1 heterocycles. The van der Waals surface area contributed by atoms with E-state index < -0.39 is 5.97 Å². The maximum Gasteiger partial charge on any atom is 0.317 e. The second-order valence-corrected chi connectivity index (χ2v) is 6.55. The molecule has 1 saturated carbocycles. The summed E-state index contributed by atoms with van der Waals surface area (Å²) in [4.78, 5) is 38.5. The first-order valence-electron chi connectivity index (χ1n) is 8.50. The molecule has 0 radical (unpaired) electrons. The normalized spacial score (nSPS) is 20.1. The van der Waals surface area contributed by atoms with Crippen LogP contribution in [0, 0.1) is 5.92 Å². The average molecular weight is 325 g/mol. The fourth-order valence-corrected chi connectivity index (χ4v) is 3.39. The predicted molar refractivity (Wildman–Crippen MR) is 85.0 cm³/mol. The summed E-state index contributed by atoms with van der Waals surface area (Å²) in [6.07, 6.45) is 6.58. The highest BCUT2D eigenvalue weighted by Crippen LogP contribution is 2.21. The molecule has 7 heteroatoms. The van der Waals surface area contributed by atoms with E-state index in [0.717, 1.165) is 25.7 Å². The number of amides is 3. The Morgan fingerprint density at radius 3 is 2.26 bits per heavy atom. The number of piperidine rings is 1. The lowest BCUT2D eigenvalue weighted by Crippen LogP contribution is -2.49. The molecule has 2 fully saturated rings. The zero-order valence-electron chi connectivity index (χ0n) is 13.8. The summed E-state index contributed by atoms with van der Waals surface area (Å²) in [7, 11) is 1.81. The Morgan fingerprint density at radius 1 is 1.09 bits per heavy atom. The largest absolute Gasteiger partial charge is 0.481 e. The number of likely N-dealkylation sites (tertiary alicyclic amines) is 1. The van der Waals surface area contributed by atoms with E-state index in [-0.39, 0.29) is 24.4 Å². The lowest BCUT2D eigenvalue weighted by Gasteiger charge is -2.32. The number of carbonyl (C=O) groups is 3. The molecule has 3 amide bonds. The number of carboxylic acids is 1. The zero-order chi connectivity index (χ0) is 16.8. The standard InChI is InChI=1S/C16H27N3O4/c1-18(13-5-3-2-4-6-13)14(20)11-17-16(23)19-9-7-12(8-10-19)15(21)22/h12-13H,2-11H2,1H3,(H,17,23)(H,21,22). The molecule has 0 spiro atoms. The monoisotopic (exact) mass is 325 g/mol. The molecule has 1 aliphatic carbocycles. The SMILES string of the molecule is CN(C(=O)CNC(=O)N1CCC(C(=O)O)CC1)C1CCCCC1. The first-order chi connectivity index (χ1) is 11.0. The van der Waals surface area contributed by atoms with Crippen molar-refractivity contribution >= 4 is 17.9 Å². The Kier molecular flexibility index (Phi) is 6.24. The van der Waals surface area contributed by atoms with E-state index in [2.05, 4.69) is 5.32 Å². The number of rotatable bonds is 4. The van der Waals surface area contributed by atoms with Crippen molar-refractivity contribution in [2.45, 2.75) is 51.0 Å². The number of nitrogens with one attached hydrogen (secondary N) is 1. The van der Waals surface area contributed by atoms with Crippen LogP contribution in [0.1, 0.15) is 44.9 Å². The van der Waals surface area contributed by atoms with E-state index in [4.69, 9.17) is 5.11 Å². The van der Waals surface area contributed by atoms with Gasteiger partial charge in [-0.1, -0.05) is 19.3 Å². The average Bonchev–Trinajstić information content (AvgIpc) is 2.59. The molecule has 0 aromatic rings. The van der Waals surface area contributed by atoms with Gasteiger partial charge in [0.25, 0.3) is 0 Å². The van der Waals surface area contributed by atoms with Crippen molar-refractivity contribution in [1.82, 2.24) is 15.1 Å². The summed E-state index contributed by atoms with van der Waals surface area (Å²) >= 11 is 0. The smallest absolute Gasteiger partial charge is 0.317 e. The van der Waals surface area contributed by atoms with Crippen LogP contribution in [0.25, 0.3) is 0 Å². The van der Waals surface area contributed by atoms with Gasteiger partial charge in [-0.05, 0) is 25.7 Å². The van der Waals surface area contributed by atoms with Gasteiger partial charge in [0.2, 0.25) is 5.91 Å². The maximum absolute atomic E-state index is 12.2. The molecular weight excluding hydrogens is 298 g/mol. The Bertz CT molecular complexity index is 441. The van der Waals surface area contributed by atoms with Gasteiger partial charge in [0.05, 0.1) is 12.5 Å². The summed E-state index contributed by atoms with van der Waals surface area (Å²) in [5.74, 6) is -1.22. The quantitative estimate of drug-likeness (QED) is 0.815. The fraction of sp³-hybridized carbons (Fsp3) is 0.812. The number of nitrogens with zero attached hydrogens (tertiary/aromatic N) is 2. The van der Waals surface area contributed by atoms with Crippen molar-refractivity contribution in [1.29, 1.82) is 0 Å². The fourth-order valence-electron chi connectivity index (χ4n) is 3.39. The van der Waals surface area contributed by atoms with Crippen LogP contribution < -0.4 is 5.32 Å². The highest BCUT2D eigenvalue weighted by Gasteiger charge is 2.27. The maximum atomic E-state index is 12.2. The molecule has 0 atom stereocenters. The summed E-state index contributed by atoms with van der Waals surface area (Å²) in [5.41, 5.74) is 0. The predicted octanol–water partition coefficient (Wildman–Crippen LogP) is 1.28. The second kappa shape index (κ2) is 8.17. The number of carbonyl (C=O) groups excluding carboxylic acids is 2. The molecule has 2 N–H and O–H groups in total. The third-order valence-electron chi connectivity index (χ3n) is 5.04. The number of aliphatic carboxylic acids is 1. The van der Waals surface area contributed by atoms with Crippen molar-refractivity contribution in [2.75, 3.05) is 26.7 Å². The molecular formula is C16H27N3O4. The van der Waals surface area contributed by atoms with Gasteiger partial charge in [0, 0.05) is 26.2 Å². The molecule has 1 aliphatic heterocycles. The summed E-state index contributed by atoms with van der Waals surface area (Å²) in [6, 6.07) is 0.0127. The minimum Gasteiger partial charge on any atom is -0.481 e. The van der Waals surface area contributed by atoms with E-state index in [9.17, 15) is 14.4 Å². The number of likely N-dealkylation sites (N-methyl/N-ethyl adjacent to an activating group) is 1. The van der Waals surface area contributed by atoms with Crippen LogP contribution in [0.15, 0.2) is 0 Å². The highest BCUT2D eigenvalue weighted by atomic mass is 16.4. The van der Waals surface area contributed by atoms with Gasteiger partial charge in [-0.15, -0.1) is 0 Å². The van der Waals surface area contributed by atoms with Crippen LogP contribution in [0.3, 0.4) is 0 Å². The number of hydrogen-bond acceptors (Lipinski definition) is 3. The third kappa shape index (κ3) is 4.84. The summed E-state index contributed by atoms with van der Waals surface area (Å²) < 4.78 is 0. The van der Waals surface area contributed by atoms with Gasteiger partial charge in [-0.3, -0.25) is 9.59 Å². The van der Waals surface area contributed by atoms with Crippen molar-refractivity contribution in [3.8, 4) is 0 Å². The van der Waals surface area contributed by atoms with E-state index >= 15 is 0 Å². The van der Waals surface area contributed by atoms with Crippen LogP contribution in [-0.4, -0.2) is 65.5 Å². The third-order valence-corrected chi connectivity index (χ3v) is 5.04. The molecule has 7 nitrogen and oxygen atoms in total. The van der Waals surface area contributed by atoms with E-state index in [1.54, 1.807) is 9.80 Å². The minimum absolute atomic E-state index is 0.00466. The van der Waals surface area contributed by atoms with Crippen LogP contribution in [0.5, 0.6) is 0 Å². The lowest BCUT2D eigenvalue weighted by atomic mass is 9.94.